The van der Waals surface area contributed by atoms with E-state index in [0.29, 0.717) is 29.1 Å². The quantitative estimate of drug-likeness (QED) is 0.312. The van der Waals surface area contributed by atoms with Crippen LogP contribution < -0.4 is 16.0 Å². The standard InChI is InChI=1S/C32H33Cl2F4N3O4/c33-18-5-6-20-22(11-18)40-29(44)32(20)25(19-2-1-3-21(34)26(19)38)27(41-31(32)13-30(14-31,15-36)16-37)23(42)10-17-4-7-24(45-12-17)28(43)39-9-8-35/h1-3,5-6,11,17,24-25,27,41H,4,7-10,12-16H2,(H,39,43)(H,40,44)/t17-,24-,25-,27-,32+/m0/s1. The molecule has 242 valence electrons. The molecule has 5 atom stereocenters. The second kappa shape index (κ2) is 12.1. The van der Waals surface area contributed by atoms with Gasteiger partial charge in [-0.2, -0.15) is 0 Å². The zero-order chi connectivity index (χ0) is 32.1. The minimum absolute atomic E-state index is 0.0201. The number of carbonyl (C=O) groups excluding carboxylic acids is 3. The number of nitrogens with one attached hydrogen (secondary N) is 3. The fourth-order valence-corrected chi connectivity index (χ4v) is 8.63. The molecule has 6 rings (SSSR count). The largest absolute Gasteiger partial charge is 0.368 e. The summed E-state index contributed by atoms with van der Waals surface area (Å²) in [6.07, 6.45) is -0.204. The number of ketones is 1. The molecular weight excluding hydrogens is 637 g/mol. The molecule has 3 aliphatic heterocycles. The lowest BCUT2D eigenvalue weighted by molar-refractivity contribution is -0.138. The average Bonchev–Trinajstić information content (AvgIpc) is 3.48. The van der Waals surface area contributed by atoms with Gasteiger partial charge in [0, 0.05) is 40.5 Å². The van der Waals surface area contributed by atoms with Crippen LogP contribution in [0.5, 0.6) is 0 Å². The van der Waals surface area contributed by atoms with Crippen LogP contribution >= 0.6 is 23.2 Å². The van der Waals surface area contributed by atoms with E-state index < -0.39 is 72.1 Å². The summed E-state index contributed by atoms with van der Waals surface area (Å²) >= 11 is 12.5. The summed E-state index contributed by atoms with van der Waals surface area (Å²) < 4.78 is 62.8. The summed E-state index contributed by atoms with van der Waals surface area (Å²) in [7, 11) is 0. The number of amides is 2. The maximum Gasteiger partial charge on any atom is 0.249 e. The molecule has 4 aliphatic rings. The van der Waals surface area contributed by atoms with E-state index in [-0.39, 0.29) is 54.7 Å². The Labute approximate surface area is 267 Å². The number of halogens is 6. The Morgan fingerprint density at radius 2 is 1.82 bits per heavy atom. The lowest BCUT2D eigenvalue weighted by atomic mass is 9.46. The van der Waals surface area contributed by atoms with Gasteiger partial charge in [0.15, 0.2) is 5.78 Å². The van der Waals surface area contributed by atoms with Crippen molar-refractivity contribution >= 4 is 46.5 Å². The molecule has 3 fully saturated rings. The van der Waals surface area contributed by atoms with E-state index in [1.807, 2.05) is 0 Å². The monoisotopic (exact) mass is 669 g/mol. The molecule has 0 bridgehead atoms. The third-order valence-electron chi connectivity index (χ3n) is 10.1. The summed E-state index contributed by atoms with van der Waals surface area (Å²) in [5.41, 5.74) is -3.42. The van der Waals surface area contributed by atoms with Gasteiger partial charge >= 0.3 is 0 Å². The molecule has 0 aromatic heterocycles. The van der Waals surface area contributed by atoms with Crippen molar-refractivity contribution in [1.29, 1.82) is 0 Å². The Bertz CT molecular complexity index is 1510. The Morgan fingerprint density at radius 1 is 1.07 bits per heavy atom. The van der Waals surface area contributed by atoms with Crippen molar-refractivity contribution in [3.05, 3.63) is 63.4 Å². The predicted octanol–water partition coefficient (Wildman–Crippen LogP) is 5.38. The lowest BCUT2D eigenvalue weighted by Gasteiger charge is -2.59. The first kappa shape index (κ1) is 32.2. The van der Waals surface area contributed by atoms with Crippen molar-refractivity contribution in [2.75, 3.05) is 38.5 Å². The van der Waals surface area contributed by atoms with Gasteiger partial charge in [-0.25, -0.2) is 8.78 Å². The van der Waals surface area contributed by atoms with Crippen molar-refractivity contribution in [3.63, 3.8) is 0 Å². The molecule has 1 aliphatic carbocycles. The predicted molar refractivity (Wildman–Crippen MR) is 160 cm³/mol. The zero-order valence-corrected chi connectivity index (χ0v) is 25.8. The van der Waals surface area contributed by atoms with Gasteiger partial charge in [0.2, 0.25) is 11.8 Å². The highest BCUT2D eigenvalue weighted by Crippen LogP contribution is 2.68. The zero-order valence-electron chi connectivity index (χ0n) is 24.2. The number of rotatable bonds is 9. The third kappa shape index (κ3) is 5.05. The number of ether oxygens (including phenoxy) is 1. The van der Waals surface area contributed by atoms with Crippen LogP contribution in [0.4, 0.5) is 23.2 Å². The number of benzene rings is 2. The fraction of sp³-hybridized carbons (Fsp3) is 0.531. The molecular formula is C32H33Cl2F4N3O4. The second-order valence-corrected chi connectivity index (χ2v) is 13.7. The minimum Gasteiger partial charge on any atom is -0.368 e. The van der Waals surface area contributed by atoms with E-state index in [1.165, 1.54) is 18.2 Å². The van der Waals surface area contributed by atoms with Crippen LogP contribution in [0.15, 0.2) is 36.4 Å². The first-order valence-electron chi connectivity index (χ1n) is 15.0. The Kier molecular flexibility index (Phi) is 8.69. The number of alkyl halides is 3. The number of fused-ring (bicyclic) bond motifs is 3. The number of carbonyl (C=O) groups is 3. The van der Waals surface area contributed by atoms with Gasteiger partial charge in [-0.15, -0.1) is 0 Å². The van der Waals surface area contributed by atoms with E-state index in [1.54, 1.807) is 18.2 Å². The summed E-state index contributed by atoms with van der Waals surface area (Å²) in [4.78, 5) is 40.9. The van der Waals surface area contributed by atoms with Gasteiger partial charge in [0.1, 0.15) is 24.0 Å². The molecule has 0 radical (unpaired) electrons. The normalized spacial score (nSPS) is 29.3. The molecule has 2 saturated heterocycles. The molecule has 13 heteroatoms. The molecule has 2 spiro atoms. The molecule has 2 aromatic carbocycles. The highest BCUT2D eigenvalue weighted by molar-refractivity contribution is 6.31. The van der Waals surface area contributed by atoms with Crippen molar-refractivity contribution in [3.8, 4) is 0 Å². The van der Waals surface area contributed by atoms with E-state index in [9.17, 15) is 27.6 Å². The van der Waals surface area contributed by atoms with Gasteiger partial charge in [-0.3, -0.25) is 28.5 Å². The maximum absolute atomic E-state index is 16.0. The highest BCUT2D eigenvalue weighted by Gasteiger charge is 2.78. The molecule has 3 N–H and O–H groups in total. The van der Waals surface area contributed by atoms with Crippen LogP contribution in [0.1, 0.15) is 49.1 Å². The van der Waals surface area contributed by atoms with Crippen LogP contribution in [-0.4, -0.2) is 68.5 Å². The van der Waals surface area contributed by atoms with Crippen LogP contribution in [0.2, 0.25) is 10.0 Å². The van der Waals surface area contributed by atoms with Gasteiger partial charge in [-0.05, 0) is 60.9 Å². The van der Waals surface area contributed by atoms with Gasteiger partial charge in [0.25, 0.3) is 0 Å². The Hall–Kier alpha value is -2.73. The van der Waals surface area contributed by atoms with Crippen LogP contribution in [0.25, 0.3) is 0 Å². The molecule has 7 nitrogen and oxygen atoms in total. The van der Waals surface area contributed by atoms with Crippen LogP contribution in [0.3, 0.4) is 0 Å². The van der Waals surface area contributed by atoms with E-state index >= 15 is 4.39 Å². The summed E-state index contributed by atoms with van der Waals surface area (Å²) in [6, 6.07) is 8.05. The fourth-order valence-electron chi connectivity index (χ4n) is 8.28. The third-order valence-corrected chi connectivity index (χ3v) is 10.7. The maximum atomic E-state index is 16.0. The molecule has 1 saturated carbocycles. The summed E-state index contributed by atoms with van der Waals surface area (Å²) in [5.74, 6) is -3.50. The number of hydrogen-bond acceptors (Lipinski definition) is 5. The Morgan fingerprint density at radius 3 is 2.49 bits per heavy atom. The highest BCUT2D eigenvalue weighted by atomic mass is 35.5. The summed E-state index contributed by atoms with van der Waals surface area (Å²) in [6.45, 7) is -2.66. The molecule has 0 unspecified atom stereocenters. The lowest BCUT2D eigenvalue weighted by Crippen LogP contribution is -2.70. The number of hydrogen-bond donors (Lipinski definition) is 3. The SMILES string of the molecule is O=C(NCCF)[C@@H]1CC[C@@H](CC(=O)[C@@H]2NC3(CC(CF)(CF)C3)[C@@]3(C(=O)Nc4cc(Cl)ccc43)[C@H]2c2cccc(Cl)c2F)CO1. The van der Waals surface area contributed by atoms with Gasteiger partial charge in [-0.1, -0.05) is 41.4 Å². The van der Waals surface area contributed by atoms with E-state index in [4.69, 9.17) is 27.9 Å². The number of anilines is 1. The smallest absolute Gasteiger partial charge is 0.249 e. The summed E-state index contributed by atoms with van der Waals surface area (Å²) in [5, 5.41) is 8.82. The Balaban J connectivity index is 1.40. The van der Waals surface area contributed by atoms with Crippen LogP contribution in [-0.2, 0) is 24.5 Å². The first-order valence-corrected chi connectivity index (χ1v) is 15.7. The van der Waals surface area contributed by atoms with Gasteiger partial charge < -0.3 is 15.4 Å². The molecule has 2 aromatic rings. The van der Waals surface area contributed by atoms with Crippen molar-refractivity contribution < 1.29 is 36.7 Å². The van der Waals surface area contributed by atoms with Crippen LogP contribution in [0, 0.1) is 17.2 Å². The average molecular weight is 671 g/mol. The van der Waals surface area contributed by atoms with Crippen molar-refractivity contribution in [2.45, 2.75) is 61.1 Å². The first-order chi connectivity index (χ1) is 21.5. The van der Waals surface area contributed by atoms with Crippen molar-refractivity contribution in [2.24, 2.45) is 11.3 Å². The second-order valence-electron chi connectivity index (χ2n) is 12.8. The number of Topliss-reactive ketones (excluding diaryl/α,β-unsaturated/α-hetero) is 1. The van der Waals surface area contributed by atoms with Gasteiger partial charge in [0.05, 0.1) is 31.0 Å². The van der Waals surface area contributed by atoms with E-state index in [0.717, 1.165) is 0 Å². The molecule has 45 heavy (non-hydrogen) atoms. The molecule has 3 heterocycles. The minimum atomic E-state index is -1.63. The topological polar surface area (TPSA) is 96.5 Å². The van der Waals surface area contributed by atoms with Crippen molar-refractivity contribution in [1.82, 2.24) is 10.6 Å². The van der Waals surface area contributed by atoms with E-state index in [2.05, 4.69) is 16.0 Å². The molecule has 2 amide bonds.